The summed E-state index contributed by atoms with van der Waals surface area (Å²) in [6.07, 6.45) is -4.63. The summed E-state index contributed by atoms with van der Waals surface area (Å²) < 4.78 is 54.3. The fourth-order valence-electron chi connectivity index (χ4n) is 1.68. The summed E-state index contributed by atoms with van der Waals surface area (Å²) in [7, 11) is -0.546. The topological polar surface area (TPSA) is 27.7 Å². The van der Waals surface area contributed by atoms with Gasteiger partial charge in [0.25, 0.3) is 0 Å². The first-order chi connectivity index (χ1) is 8.75. The van der Waals surface area contributed by atoms with Gasteiger partial charge in [-0.15, -0.1) is 0 Å². The molecule has 0 bridgehead atoms. The Hall–Kier alpha value is -0.893. The Kier molecular flexibility index (Phi) is 5.14. The molecule has 0 aromatic heterocycles. The Balaban J connectivity index is 3.24. The number of hydrogen-bond donors (Lipinski definition) is 0. The molecule has 0 saturated carbocycles. The molecule has 1 aromatic rings. The molecule has 3 nitrogen and oxygen atoms in total. The maximum absolute atomic E-state index is 12.7. The Morgan fingerprint density at radius 1 is 1.11 bits per heavy atom. The highest BCUT2D eigenvalue weighted by molar-refractivity contribution is 6.75. The van der Waals surface area contributed by atoms with E-state index in [1.54, 1.807) is 13.8 Å². The molecule has 0 amide bonds. The predicted molar refractivity (Wildman–Crippen MR) is 67.1 cm³/mol. The molecule has 1 rings (SSSR count). The van der Waals surface area contributed by atoms with Crippen molar-refractivity contribution in [3.63, 3.8) is 0 Å². The Morgan fingerprint density at radius 2 is 1.68 bits per heavy atom. The summed E-state index contributed by atoms with van der Waals surface area (Å²) >= 11 is 0. The summed E-state index contributed by atoms with van der Waals surface area (Å²) in [6.45, 7) is 3.54. The van der Waals surface area contributed by atoms with Crippen molar-refractivity contribution >= 4 is 14.0 Å². The van der Waals surface area contributed by atoms with E-state index in [0.29, 0.717) is 5.19 Å². The second-order valence-electron chi connectivity index (χ2n) is 4.21. The van der Waals surface area contributed by atoms with Gasteiger partial charge in [0.05, 0.1) is 5.56 Å². The van der Waals surface area contributed by atoms with Crippen LogP contribution in [0.25, 0.3) is 0 Å². The molecular weight excluding hydrogens is 277 g/mol. The van der Waals surface area contributed by atoms with Crippen molar-refractivity contribution < 1.29 is 26.4 Å². The zero-order valence-corrected chi connectivity index (χ0v) is 12.2. The van der Waals surface area contributed by atoms with Crippen LogP contribution < -0.4 is 5.19 Å². The Bertz CT molecular complexity index is 417. The summed E-state index contributed by atoms with van der Waals surface area (Å²) in [5.74, 6) is 0. The molecule has 0 aliphatic rings. The van der Waals surface area contributed by atoms with Gasteiger partial charge in [-0.3, -0.25) is 0 Å². The zero-order chi connectivity index (χ0) is 14.7. The minimum Gasteiger partial charge on any atom is -0.373 e. The minimum absolute atomic E-state index is 0.221. The van der Waals surface area contributed by atoms with Gasteiger partial charge in [0.2, 0.25) is 0 Å². The number of benzene rings is 1. The molecular formula is C12H17F3O3Si. The fraction of sp³-hybridized carbons (Fsp3) is 0.500. The lowest BCUT2D eigenvalue weighted by Gasteiger charge is -2.29. The molecule has 0 heterocycles. The predicted octanol–water partition coefficient (Wildman–Crippen LogP) is 2.57. The molecule has 0 fully saturated rings. The molecule has 1 aromatic carbocycles. The SMILES string of the molecule is CO[Si](OC)(OC(C)C)c1cccc(C(F)(F)F)c1. The lowest BCUT2D eigenvalue weighted by Crippen LogP contribution is -2.56. The highest BCUT2D eigenvalue weighted by Crippen LogP contribution is 2.28. The molecule has 0 atom stereocenters. The summed E-state index contributed by atoms with van der Waals surface area (Å²) in [5.41, 5.74) is -0.747. The monoisotopic (exact) mass is 294 g/mol. The molecule has 0 spiro atoms. The maximum atomic E-state index is 12.7. The number of hydrogen-bond acceptors (Lipinski definition) is 3. The average Bonchev–Trinajstić information content (AvgIpc) is 2.35. The molecule has 19 heavy (non-hydrogen) atoms. The van der Waals surface area contributed by atoms with Gasteiger partial charge in [-0.05, 0) is 19.9 Å². The smallest absolute Gasteiger partial charge is 0.373 e. The largest absolute Gasteiger partial charge is 0.536 e. The zero-order valence-electron chi connectivity index (χ0n) is 11.2. The number of alkyl halides is 3. The van der Waals surface area contributed by atoms with Crippen molar-refractivity contribution in [1.29, 1.82) is 0 Å². The van der Waals surface area contributed by atoms with E-state index in [0.717, 1.165) is 12.1 Å². The van der Waals surface area contributed by atoms with Gasteiger partial charge in [-0.2, -0.15) is 13.2 Å². The van der Waals surface area contributed by atoms with E-state index in [9.17, 15) is 13.2 Å². The highest BCUT2D eigenvalue weighted by Gasteiger charge is 2.44. The van der Waals surface area contributed by atoms with E-state index in [2.05, 4.69) is 0 Å². The van der Waals surface area contributed by atoms with Crippen LogP contribution in [-0.4, -0.2) is 29.1 Å². The molecule has 0 aliphatic heterocycles. The standard InChI is InChI=1S/C12H17F3O3Si/c1-9(2)18-19(16-3,17-4)11-7-5-6-10(8-11)12(13,14)15/h5-9H,1-4H3. The summed E-state index contributed by atoms with van der Waals surface area (Å²) in [4.78, 5) is 0. The number of halogens is 3. The van der Waals surface area contributed by atoms with Crippen molar-refractivity contribution in [1.82, 2.24) is 0 Å². The van der Waals surface area contributed by atoms with Crippen molar-refractivity contribution in [2.45, 2.75) is 26.1 Å². The van der Waals surface area contributed by atoms with Crippen molar-refractivity contribution in [3.05, 3.63) is 29.8 Å². The van der Waals surface area contributed by atoms with Gasteiger partial charge in [0, 0.05) is 25.5 Å². The molecule has 0 radical (unpaired) electrons. The third kappa shape index (κ3) is 3.79. The highest BCUT2D eigenvalue weighted by atomic mass is 28.4. The lowest BCUT2D eigenvalue weighted by atomic mass is 10.2. The maximum Gasteiger partial charge on any atom is 0.536 e. The van der Waals surface area contributed by atoms with Gasteiger partial charge in [-0.25, -0.2) is 0 Å². The Labute approximate surface area is 111 Å². The molecule has 0 unspecified atom stereocenters. The first-order valence-electron chi connectivity index (χ1n) is 5.71. The second-order valence-corrected chi connectivity index (χ2v) is 6.95. The van der Waals surface area contributed by atoms with Crippen molar-refractivity contribution in [2.24, 2.45) is 0 Å². The van der Waals surface area contributed by atoms with Crippen LogP contribution in [0.15, 0.2) is 24.3 Å². The van der Waals surface area contributed by atoms with E-state index in [1.165, 1.54) is 26.4 Å². The lowest BCUT2D eigenvalue weighted by molar-refractivity contribution is -0.137. The van der Waals surface area contributed by atoms with Crippen LogP contribution >= 0.6 is 0 Å². The average molecular weight is 294 g/mol. The third-order valence-electron chi connectivity index (χ3n) is 2.47. The molecule has 108 valence electrons. The van der Waals surface area contributed by atoms with Crippen LogP contribution in [-0.2, 0) is 19.5 Å². The van der Waals surface area contributed by atoms with Gasteiger partial charge < -0.3 is 13.3 Å². The van der Waals surface area contributed by atoms with E-state index in [1.807, 2.05) is 0 Å². The molecule has 7 heteroatoms. The van der Waals surface area contributed by atoms with E-state index >= 15 is 0 Å². The van der Waals surface area contributed by atoms with Crippen molar-refractivity contribution in [3.8, 4) is 0 Å². The van der Waals surface area contributed by atoms with Crippen molar-refractivity contribution in [2.75, 3.05) is 14.2 Å². The Morgan fingerprint density at radius 3 is 2.11 bits per heavy atom. The fourth-order valence-corrected chi connectivity index (χ4v) is 3.90. The van der Waals surface area contributed by atoms with Crippen LogP contribution in [0.3, 0.4) is 0 Å². The van der Waals surface area contributed by atoms with Crippen LogP contribution in [0, 0.1) is 0 Å². The molecule has 0 saturated heterocycles. The third-order valence-corrected chi connectivity index (χ3v) is 5.35. The van der Waals surface area contributed by atoms with Gasteiger partial charge in [0.15, 0.2) is 0 Å². The quantitative estimate of drug-likeness (QED) is 0.781. The summed E-state index contributed by atoms with van der Waals surface area (Å²) in [5, 5.41) is 0.293. The minimum atomic E-state index is -4.41. The van der Waals surface area contributed by atoms with Gasteiger partial charge in [-0.1, -0.05) is 18.2 Å². The first-order valence-corrected chi connectivity index (χ1v) is 7.43. The van der Waals surface area contributed by atoms with Gasteiger partial charge >= 0.3 is 15.0 Å². The molecule has 0 N–H and O–H groups in total. The first kappa shape index (κ1) is 16.2. The second kappa shape index (κ2) is 6.04. The van der Waals surface area contributed by atoms with E-state index < -0.39 is 20.5 Å². The van der Waals surface area contributed by atoms with E-state index in [4.69, 9.17) is 13.3 Å². The van der Waals surface area contributed by atoms with Crippen LogP contribution in [0.1, 0.15) is 19.4 Å². The van der Waals surface area contributed by atoms with Gasteiger partial charge in [0.1, 0.15) is 0 Å². The van der Waals surface area contributed by atoms with E-state index in [-0.39, 0.29) is 6.10 Å². The number of rotatable bonds is 5. The normalized spacial score (nSPS) is 13.1. The van der Waals surface area contributed by atoms with Crippen LogP contribution in [0.5, 0.6) is 0 Å². The van der Waals surface area contributed by atoms with Crippen LogP contribution in [0.4, 0.5) is 13.2 Å². The van der Waals surface area contributed by atoms with Crippen LogP contribution in [0.2, 0.25) is 0 Å². The molecule has 0 aliphatic carbocycles. The summed E-state index contributed by atoms with van der Waals surface area (Å²) in [6, 6.07) is 4.86.